The first-order chi connectivity index (χ1) is 14.3. The fraction of sp³-hybridized carbons (Fsp3) is 0.381. The van der Waals surface area contributed by atoms with Crippen LogP contribution in [0.5, 0.6) is 0 Å². The average molecular weight is 394 g/mol. The van der Waals surface area contributed by atoms with Gasteiger partial charge in [-0.15, -0.1) is 0 Å². The number of rotatable bonds is 6. The molecule has 0 N–H and O–H groups in total. The summed E-state index contributed by atoms with van der Waals surface area (Å²) in [4.78, 5) is 6.51. The van der Waals surface area contributed by atoms with Crippen molar-refractivity contribution < 1.29 is 8.91 Å². The van der Waals surface area contributed by atoms with E-state index in [-0.39, 0.29) is 5.82 Å². The van der Waals surface area contributed by atoms with E-state index in [0.29, 0.717) is 5.58 Å². The van der Waals surface area contributed by atoms with E-state index in [1.165, 1.54) is 12.1 Å². The lowest BCUT2D eigenvalue weighted by Gasteiger charge is -2.34. The molecule has 1 aliphatic rings. The molecule has 7 nitrogen and oxygen atoms in total. The molecule has 29 heavy (non-hydrogen) atoms. The fourth-order valence-electron chi connectivity index (χ4n) is 3.90. The van der Waals surface area contributed by atoms with Crippen LogP contribution in [0, 0.1) is 5.82 Å². The summed E-state index contributed by atoms with van der Waals surface area (Å²) in [6, 6.07) is 12.5. The van der Waals surface area contributed by atoms with Gasteiger partial charge >= 0.3 is 0 Å². The Hall–Kier alpha value is -3.00. The largest absolute Gasteiger partial charge is 0.354 e. The molecular formula is C21H23FN6O. The number of benzene rings is 2. The van der Waals surface area contributed by atoms with Gasteiger partial charge < -0.3 is 9.42 Å². The third-order valence-electron chi connectivity index (χ3n) is 5.50. The third-order valence-corrected chi connectivity index (χ3v) is 5.50. The molecule has 0 unspecified atom stereocenters. The van der Waals surface area contributed by atoms with Gasteiger partial charge in [0.2, 0.25) is 0 Å². The number of aryl methyl sites for hydroxylation is 1. The number of piperazine rings is 1. The highest BCUT2D eigenvalue weighted by Gasteiger charge is 2.21. The van der Waals surface area contributed by atoms with Crippen molar-refractivity contribution in [3.05, 3.63) is 48.3 Å². The molecule has 2 aromatic heterocycles. The van der Waals surface area contributed by atoms with Gasteiger partial charge in [0.15, 0.2) is 11.4 Å². The van der Waals surface area contributed by atoms with Crippen molar-refractivity contribution in [2.45, 2.75) is 19.4 Å². The highest BCUT2D eigenvalue weighted by Crippen LogP contribution is 2.27. The summed E-state index contributed by atoms with van der Waals surface area (Å²) in [5.41, 5.74) is 2.40. The van der Waals surface area contributed by atoms with E-state index in [1.807, 2.05) is 24.3 Å². The van der Waals surface area contributed by atoms with Crippen molar-refractivity contribution in [2.24, 2.45) is 0 Å². The zero-order valence-corrected chi connectivity index (χ0v) is 16.2. The van der Waals surface area contributed by atoms with E-state index in [0.717, 1.165) is 74.3 Å². The van der Waals surface area contributed by atoms with Crippen molar-refractivity contribution in [1.82, 2.24) is 25.1 Å². The summed E-state index contributed by atoms with van der Waals surface area (Å²) in [7, 11) is 0. The smallest absolute Gasteiger partial charge is 0.180 e. The molecule has 150 valence electrons. The zero-order chi connectivity index (χ0) is 19.6. The van der Waals surface area contributed by atoms with Crippen molar-refractivity contribution in [3.8, 4) is 0 Å². The number of unbranched alkanes of at least 4 members (excludes halogenated alkanes) is 1. The maximum absolute atomic E-state index is 13.3. The van der Waals surface area contributed by atoms with Crippen LogP contribution in [-0.2, 0) is 6.54 Å². The van der Waals surface area contributed by atoms with Gasteiger partial charge in [0.05, 0.1) is 11.9 Å². The Morgan fingerprint density at radius 2 is 1.62 bits per heavy atom. The maximum Gasteiger partial charge on any atom is 0.180 e. The van der Waals surface area contributed by atoms with Crippen molar-refractivity contribution >= 4 is 27.8 Å². The van der Waals surface area contributed by atoms with Gasteiger partial charge in [0, 0.05) is 32.2 Å². The second kappa shape index (κ2) is 7.79. The molecule has 5 rings (SSSR count). The summed E-state index contributed by atoms with van der Waals surface area (Å²) >= 11 is 0. The molecule has 0 amide bonds. The maximum atomic E-state index is 13.3. The van der Waals surface area contributed by atoms with Crippen LogP contribution in [0.25, 0.3) is 22.0 Å². The standard InChI is InChI=1S/C21H23FN6O/c22-16-7-8-17-20(15-16)29-25-21(17)27-13-11-26(12-14-27)9-3-4-10-28-23-18-5-1-2-6-19(18)24-28/h1-2,5-8,15H,3-4,9-14H2. The minimum Gasteiger partial charge on any atom is -0.354 e. The Balaban J connectivity index is 1.09. The lowest BCUT2D eigenvalue weighted by atomic mass is 10.2. The molecule has 4 aromatic rings. The molecule has 1 saturated heterocycles. The van der Waals surface area contributed by atoms with Gasteiger partial charge in [-0.3, -0.25) is 4.90 Å². The van der Waals surface area contributed by atoms with Crippen LogP contribution < -0.4 is 4.90 Å². The van der Waals surface area contributed by atoms with E-state index in [2.05, 4.69) is 25.2 Å². The number of nitrogens with zero attached hydrogens (tertiary/aromatic N) is 6. The van der Waals surface area contributed by atoms with Gasteiger partial charge in [-0.25, -0.2) is 4.39 Å². The van der Waals surface area contributed by atoms with Gasteiger partial charge in [0.1, 0.15) is 16.9 Å². The van der Waals surface area contributed by atoms with Gasteiger partial charge in [0.25, 0.3) is 0 Å². The molecule has 0 saturated carbocycles. The number of hydrogen-bond acceptors (Lipinski definition) is 6. The average Bonchev–Trinajstić information content (AvgIpc) is 3.35. The quantitative estimate of drug-likeness (QED) is 0.468. The summed E-state index contributed by atoms with van der Waals surface area (Å²) in [6.07, 6.45) is 2.17. The monoisotopic (exact) mass is 394 g/mol. The molecule has 0 spiro atoms. The van der Waals surface area contributed by atoms with E-state index >= 15 is 0 Å². The van der Waals surface area contributed by atoms with Crippen LogP contribution in [0.1, 0.15) is 12.8 Å². The predicted molar refractivity (Wildman–Crippen MR) is 109 cm³/mol. The van der Waals surface area contributed by atoms with Crippen LogP contribution in [0.4, 0.5) is 10.2 Å². The van der Waals surface area contributed by atoms with Crippen LogP contribution >= 0.6 is 0 Å². The lowest BCUT2D eigenvalue weighted by molar-refractivity contribution is 0.249. The molecule has 0 bridgehead atoms. The Labute approximate surface area is 167 Å². The molecular weight excluding hydrogens is 371 g/mol. The Morgan fingerprint density at radius 3 is 2.38 bits per heavy atom. The molecule has 8 heteroatoms. The minimum absolute atomic E-state index is 0.302. The van der Waals surface area contributed by atoms with E-state index in [9.17, 15) is 4.39 Å². The fourth-order valence-corrected chi connectivity index (χ4v) is 3.90. The van der Waals surface area contributed by atoms with Crippen molar-refractivity contribution in [2.75, 3.05) is 37.6 Å². The Morgan fingerprint density at radius 1 is 0.897 bits per heavy atom. The Bertz CT molecular complexity index is 1080. The van der Waals surface area contributed by atoms with Crippen molar-refractivity contribution in [3.63, 3.8) is 0 Å². The SMILES string of the molecule is Fc1ccc2c(N3CCN(CCCCn4nc5ccccc5n4)CC3)noc2c1. The lowest BCUT2D eigenvalue weighted by Crippen LogP contribution is -2.46. The van der Waals surface area contributed by atoms with Crippen LogP contribution in [0.3, 0.4) is 0 Å². The molecule has 2 aromatic carbocycles. The topological polar surface area (TPSA) is 63.2 Å². The number of hydrogen-bond donors (Lipinski definition) is 0. The number of fused-ring (bicyclic) bond motifs is 2. The summed E-state index contributed by atoms with van der Waals surface area (Å²) in [5, 5.41) is 14.1. The van der Waals surface area contributed by atoms with E-state index < -0.39 is 0 Å². The third kappa shape index (κ3) is 3.80. The highest BCUT2D eigenvalue weighted by atomic mass is 19.1. The molecule has 1 fully saturated rings. The van der Waals surface area contributed by atoms with Crippen LogP contribution in [-0.4, -0.2) is 57.8 Å². The van der Waals surface area contributed by atoms with Crippen molar-refractivity contribution in [1.29, 1.82) is 0 Å². The van der Waals surface area contributed by atoms with Gasteiger partial charge in [-0.1, -0.05) is 17.3 Å². The Kier molecular flexibility index (Phi) is 4.85. The normalized spacial score (nSPS) is 15.6. The first kappa shape index (κ1) is 18.1. The molecule has 1 aliphatic heterocycles. The second-order valence-electron chi connectivity index (χ2n) is 7.47. The van der Waals surface area contributed by atoms with Crippen LogP contribution in [0.15, 0.2) is 47.0 Å². The molecule has 0 atom stereocenters. The summed E-state index contributed by atoms with van der Waals surface area (Å²) < 4.78 is 18.6. The second-order valence-corrected chi connectivity index (χ2v) is 7.47. The molecule has 0 radical (unpaired) electrons. The molecule has 3 heterocycles. The summed E-state index contributed by atoms with van der Waals surface area (Å²) in [5.74, 6) is 0.514. The van der Waals surface area contributed by atoms with Crippen LogP contribution in [0.2, 0.25) is 0 Å². The highest BCUT2D eigenvalue weighted by molar-refractivity contribution is 5.88. The zero-order valence-electron chi connectivity index (χ0n) is 16.2. The van der Waals surface area contributed by atoms with Gasteiger partial charge in [-0.05, 0) is 43.7 Å². The minimum atomic E-state index is -0.302. The number of aromatic nitrogens is 4. The first-order valence-electron chi connectivity index (χ1n) is 10.1. The molecule has 0 aliphatic carbocycles. The van der Waals surface area contributed by atoms with Gasteiger partial charge in [-0.2, -0.15) is 15.0 Å². The first-order valence-corrected chi connectivity index (χ1v) is 10.1. The number of halogens is 1. The summed E-state index contributed by atoms with van der Waals surface area (Å²) in [6.45, 7) is 5.67. The van der Waals surface area contributed by atoms with E-state index in [1.54, 1.807) is 10.9 Å². The van der Waals surface area contributed by atoms with E-state index in [4.69, 9.17) is 4.52 Å². The predicted octanol–water partition coefficient (Wildman–Crippen LogP) is 3.31. The number of anilines is 1.